The van der Waals surface area contributed by atoms with Gasteiger partial charge in [-0.25, -0.2) is 14.3 Å². The maximum absolute atomic E-state index is 12.2. The van der Waals surface area contributed by atoms with E-state index >= 15 is 0 Å². The first kappa shape index (κ1) is 31.2. The van der Waals surface area contributed by atoms with Crippen molar-refractivity contribution in [3.8, 4) is 5.69 Å². The first-order valence-corrected chi connectivity index (χ1v) is 14.8. The van der Waals surface area contributed by atoms with Gasteiger partial charge >= 0.3 is 0 Å². The highest BCUT2D eigenvalue weighted by molar-refractivity contribution is 7.86. The number of aryl methyl sites for hydroxylation is 1. The summed E-state index contributed by atoms with van der Waals surface area (Å²) in [5.41, 5.74) is 3.55. The van der Waals surface area contributed by atoms with Gasteiger partial charge in [-0.2, -0.15) is 13.5 Å². The first-order chi connectivity index (χ1) is 20.0. The van der Waals surface area contributed by atoms with E-state index in [0.717, 1.165) is 16.8 Å². The SMILES string of the molecule is Cc1ccc(S(=O)(=O)OCCOCCOCc2cn(-c3ccc(/C=C(\C(O)C(C)(C)C)n4cncn4)cc3)nn2)cc1. The smallest absolute Gasteiger partial charge is 0.297 e. The molecule has 4 rings (SSSR count). The highest BCUT2D eigenvalue weighted by Gasteiger charge is 2.27. The number of ether oxygens (including phenoxy) is 2. The maximum atomic E-state index is 12.2. The van der Waals surface area contributed by atoms with E-state index in [2.05, 4.69) is 20.4 Å². The summed E-state index contributed by atoms with van der Waals surface area (Å²) in [6, 6.07) is 14.1. The van der Waals surface area contributed by atoms with Crippen LogP contribution < -0.4 is 0 Å². The molecule has 12 nitrogen and oxygen atoms in total. The molecule has 0 saturated heterocycles. The number of aliphatic hydroxyl groups is 1. The molecular weight excluding hydrogens is 560 g/mol. The standard InChI is InChI=1S/C29H36N6O6S/c1-22-5-11-26(12-6-22)42(37,38)41-16-15-39-13-14-40-19-24-18-34(33-32-24)25-9-7-23(8-10-25)17-27(28(36)29(2,3)4)35-21-30-20-31-35/h5-12,17-18,20-21,28,36H,13-16,19H2,1-4H3/b27-17+. The molecular formula is C29H36N6O6S. The molecule has 0 spiro atoms. The van der Waals surface area contributed by atoms with Crippen LogP contribution in [0.1, 0.15) is 37.6 Å². The fourth-order valence-corrected chi connectivity index (χ4v) is 4.71. The van der Waals surface area contributed by atoms with Gasteiger partial charge in [-0.15, -0.1) is 5.10 Å². The predicted octanol–water partition coefficient (Wildman–Crippen LogP) is 3.51. The van der Waals surface area contributed by atoms with E-state index in [1.54, 1.807) is 34.0 Å². The van der Waals surface area contributed by atoms with Crippen molar-refractivity contribution in [2.45, 2.75) is 45.3 Å². The van der Waals surface area contributed by atoms with Gasteiger partial charge < -0.3 is 14.6 Å². The molecule has 4 aromatic rings. The second kappa shape index (κ2) is 13.9. The minimum atomic E-state index is -3.80. The van der Waals surface area contributed by atoms with Crippen LogP contribution in [0.3, 0.4) is 0 Å². The molecule has 0 radical (unpaired) electrons. The number of aliphatic hydroxyl groups excluding tert-OH is 1. The van der Waals surface area contributed by atoms with Crippen molar-refractivity contribution in [3.05, 3.63) is 84.2 Å². The lowest BCUT2D eigenvalue weighted by Crippen LogP contribution is -2.29. The Bertz CT molecular complexity index is 1540. The van der Waals surface area contributed by atoms with E-state index in [1.165, 1.54) is 18.5 Å². The van der Waals surface area contributed by atoms with E-state index in [4.69, 9.17) is 13.7 Å². The fraction of sp³-hybridized carbons (Fsp3) is 0.379. The number of nitrogens with zero attached hydrogens (tertiary/aromatic N) is 6. The van der Waals surface area contributed by atoms with Crippen LogP contribution in [-0.4, -0.2) is 75.8 Å². The normalized spacial score (nSPS) is 13.4. The van der Waals surface area contributed by atoms with Crippen LogP contribution in [0, 0.1) is 12.3 Å². The summed E-state index contributed by atoms with van der Waals surface area (Å²) >= 11 is 0. The van der Waals surface area contributed by atoms with Gasteiger partial charge in [-0.3, -0.25) is 4.18 Å². The van der Waals surface area contributed by atoms with Crippen molar-refractivity contribution in [1.82, 2.24) is 29.8 Å². The molecule has 13 heteroatoms. The topological polar surface area (TPSA) is 143 Å². The monoisotopic (exact) mass is 596 g/mol. The second-order valence-corrected chi connectivity index (χ2v) is 12.3. The van der Waals surface area contributed by atoms with E-state index in [-0.39, 0.29) is 36.7 Å². The summed E-state index contributed by atoms with van der Waals surface area (Å²) in [6.07, 6.45) is 5.90. The Morgan fingerprint density at radius 1 is 1.00 bits per heavy atom. The van der Waals surface area contributed by atoms with Crippen LogP contribution in [0.5, 0.6) is 0 Å². The third-order valence-corrected chi connectivity index (χ3v) is 7.52. The Labute approximate surface area is 245 Å². The Kier molecular flexibility index (Phi) is 10.4. The van der Waals surface area contributed by atoms with Gasteiger partial charge in [0.25, 0.3) is 10.1 Å². The van der Waals surface area contributed by atoms with Crippen molar-refractivity contribution in [3.63, 3.8) is 0 Å². The Morgan fingerprint density at radius 3 is 2.36 bits per heavy atom. The van der Waals surface area contributed by atoms with Gasteiger partial charge in [0, 0.05) is 0 Å². The summed E-state index contributed by atoms with van der Waals surface area (Å²) in [7, 11) is -3.80. The molecule has 1 atom stereocenters. The molecule has 1 N–H and O–H groups in total. The van der Waals surface area contributed by atoms with E-state index < -0.39 is 16.2 Å². The predicted molar refractivity (Wildman–Crippen MR) is 156 cm³/mol. The molecule has 0 bridgehead atoms. The quantitative estimate of drug-likeness (QED) is 0.170. The molecule has 0 aliphatic heterocycles. The Balaban J connectivity index is 1.21. The molecule has 224 valence electrons. The fourth-order valence-electron chi connectivity index (χ4n) is 3.81. The van der Waals surface area contributed by atoms with E-state index in [0.29, 0.717) is 18.0 Å². The van der Waals surface area contributed by atoms with Crippen LogP contribution >= 0.6 is 0 Å². The van der Waals surface area contributed by atoms with Gasteiger partial charge in [0.15, 0.2) is 0 Å². The third-order valence-electron chi connectivity index (χ3n) is 6.19. The molecule has 0 aliphatic rings. The Hall–Kier alpha value is -3.75. The molecule has 0 fully saturated rings. The van der Waals surface area contributed by atoms with Gasteiger partial charge in [0.2, 0.25) is 0 Å². The zero-order valence-corrected chi connectivity index (χ0v) is 24.9. The lowest BCUT2D eigenvalue weighted by molar-refractivity contribution is 0.0301. The van der Waals surface area contributed by atoms with Crippen LogP contribution in [0.2, 0.25) is 0 Å². The lowest BCUT2D eigenvalue weighted by atomic mass is 9.86. The summed E-state index contributed by atoms with van der Waals surface area (Å²) in [6.45, 7) is 8.61. The summed E-state index contributed by atoms with van der Waals surface area (Å²) in [4.78, 5) is 4.12. The second-order valence-electron chi connectivity index (χ2n) is 10.7. The lowest BCUT2D eigenvalue weighted by Gasteiger charge is -2.28. The first-order valence-electron chi connectivity index (χ1n) is 13.4. The number of rotatable bonds is 14. The summed E-state index contributed by atoms with van der Waals surface area (Å²) in [5, 5.41) is 23.4. The maximum Gasteiger partial charge on any atom is 0.297 e. The molecule has 2 aromatic carbocycles. The molecule has 1 unspecified atom stereocenters. The largest absolute Gasteiger partial charge is 0.386 e. The number of aromatic nitrogens is 6. The van der Waals surface area contributed by atoms with Crippen molar-refractivity contribution in [2.75, 3.05) is 26.4 Å². The summed E-state index contributed by atoms with van der Waals surface area (Å²) < 4.78 is 43.6. The minimum Gasteiger partial charge on any atom is -0.386 e. The number of hydrogen-bond acceptors (Lipinski definition) is 10. The highest BCUT2D eigenvalue weighted by Crippen LogP contribution is 2.28. The minimum absolute atomic E-state index is 0.0853. The van der Waals surface area contributed by atoms with Crippen LogP contribution in [0.4, 0.5) is 0 Å². The van der Waals surface area contributed by atoms with Crippen LogP contribution in [-0.2, 0) is 30.4 Å². The Morgan fingerprint density at radius 2 is 1.69 bits per heavy atom. The van der Waals surface area contributed by atoms with E-state index in [1.807, 2.05) is 58.0 Å². The molecule has 2 aromatic heterocycles. The van der Waals surface area contributed by atoms with Gasteiger partial charge in [0.1, 0.15) is 24.5 Å². The van der Waals surface area contributed by atoms with Crippen molar-refractivity contribution in [2.24, 2.45) is 5.41 Å². The zero-order chi connectivity index (χ0) is 30.2. The summed E-state index contributed by atoms with van der Waals surface area (Å²) in [5.74, 6) is 0. The van der Waals surface area contributed by atoms with Gasteiger partial charge in [0.05, 0.1) is 55.5 Å². The molecule has 0 aliphatic carbocycles. The molecule has 0 amide bonds. The highest BCUT2D eigenvalue weighted by atomic mass is 32.2. The molecule has 2 heterocycles. The van der Waals surface area contributed by atoms with Crippen molar-refractivity contribution < 1.29 is 27.2 Å². The van der Waals surface area contributed by atoms with Crippen molar-refractivity contribution in [1.29, 1.82) is 0 Å². The van der Waals surface area contributed by atoms with Gasteiger partial charge in [-0.05, 0) is 48.2 Å². The van der Waals surface area contributed by atoms with Gasteiger partial charge in [-0.1, -0.05) is 55.8 Å². The average Bonchev–Trinajstić information content (AvgIpc) is 3.66. The third kappa shape index (κ3) is 8.63. The van der Waals surface area contributed by atoms with Crippen molar-refractivity contribution >= 4 is 21.9 Å². The van der Waals surface area contributed by atoms with Crippen LogP contribution in [0.25, 0.3) is 17.5 Å². The number of hydrogen-bond donors (Lipinski definition) is 1. The molecule has 42 heavy (non-hydrogen) atoms. The number of benzene rings is 2. The van der Waals surface area contributed by atoms with E-state index in [9.17, 15) is 13.5 Å². The average molecular weight is 597 g/mol. The molecule has 0 saturated carbocycles. The zero-order valence-electron chi connectivity index (χ0n) is 24.1. The van der Waals surface area contributed by atoms with Crippen LogP contribution in [0.15, 0.2) is 72.3 Å².